The van der Waals surface area contributed by atoms with Crippen molar-refractivity contribution < 1.29 is 22.9 Å². The molecule has 20 heavy (non-hydrogen) atoms. The normalized spacial score (nSPS) is 11.1. The predicted octanol–water partition coefficient (Wildman–Crippen LogP) is 2.11. The van der Waals surface area contributed by atoms with E-state index in [2.05, 4.69) is 5.32 Å². The monoisotopic (exact) mass is 291 g/mol. The summed E-state index contributed by atoms with van der Waals surface area (Å²) in [6.07, 6.45) is -4.84. The molecule has 1 rings (SSSR count). The van der Waals surface area contributed by atoms with Gasteiger partial charge in [0.2, 0.25) is 5.91 Å². The van der Waals surface area contributed by atoms with Gasteiger partial charge >= 0.3 is 6.18 Å². The summed E-state index contributed by atoms with van der Waals surface area (Å²) >= 11 is 0. The minimum Gasteiger partial charge on any atom is -0.376 e. The molecule has 0 saturated heterocycles. The third kappa shape index (κ3) is 3.84. The number of rotatable bonds is 4. The standard InChI is InChI=1S/C11H12F3N3O3/c1-16(2)10(18)6-15-7-3-4-9(17(19)20)8(5-7)11(12,13)14/h3-5,15H,6H2,1-2H3. The third-order valence-corrected chi connectivity index (χ3v) is 2.44. The van der Waals surface area contributed by atoms with E-state index < -0.39 is 22.4 Å². The summed E-state index contributed by atoms with van der Waals surface area (Å²) in [6.45, 7) is -0.206. The Morgan fingerprint density at radius 3 is 2.45 bits per heavy atom. The van der Waals surface area contributed by atoms with Crippen LogP contribution in [0.3, 0.4) is 0 Å². The van der Waals surface area contributed by atoms with Crippen LogP contribution in [0.25, 0.3) is 0 Å². The molecular weight excluding hydrogens is 279 g/mol. The van der Waals surface area contributed by atoms with Gasteiger partial charge in [-0.2, -0.15) is 13.2 Å². The number of likely N-dealkylation sites (N-methyl/N-ethyl adjacent to an activating group) is 1. The van der Waals surface area contributed by atoms with E-state index in [1.807, 2.05) is 0 Å². The van der Waals surface area contributed by atoms with E-state index in [0.29, 0.717) is 6.07 Å². The van der Waals surface area contributed by atoms with E-state index in [1.54, 1.807) is 0 Å². The van der Waals surface area contributed by atoms with Gasteiger partial charge in [0, 0.05) is 25.8 Å². The molecule has 1 amide bonds. The number of halogens is 3. The maximum absolute atomic E-state index is 12.7. The molecule has 0 fully saturated rings. The van der Waals surface area contributed by atoms with Crippen molar-refractivity contribution in [3.63, 3.8) is 0 Å². The lowest BCUT2D eigenvalue weighted by Gasteiger charge is -2.13. The molecule has 0 radical (unpaired) electrons. The highest BCUT2D eigenvalue weighted by Crippen LogP contribution is 2.37. The Morgan fingerprint density at radius 1 is 1.40 bits per heavy atom. The van der Waals surface area contributed by atoms with Crippen LogP contribution in [0.2, 0.25) is 0 Å². The van der Waals surface area contributed by atoms with E-state index in [4.69, 9.17) is 0 Å². The Hall–Kier alpha value is -2.32. The van der Waals surface area contributed by atoms with E-state index in [0.717, 1.165) is 12.1 Å². The lowest BCUT2D eigenvalue weighted by molar-refractivity contribution is -0.388. The molecule has 0 aliphatic rings. The smallest absolute Gasteiger partial charge is 0.376 e. The highest BCUT2D eigenvalue weighted by molar-refractivity contribution is 5.80. The lowest BCUT2D eigenvalue weighted by atomic mass is 10.1. The van der Waals surface area contributed by atoms with Crippen LogP contribution in [0.4, 0.5) is 24.5 Å². The van der Waals surface area contributed by atoms with Crippen molar-refractivity contribution in [1.29, 1.82) is 0 Å². The molecule has 0 aromatic heterocycles. The zero-order valence-corrected chi connectivity index (χ0v) is 10.7. The first kappa shape index (κ1) is 15.7. The summed E-state index contributed by atoms with van der Waals surface area (Å²) in [4.78, 5) is 22.0. The van der Waals surface area contributed by atoms with E-state index >= 15 is 0 Å². The number of carbonyl (C=O) groups excluding carboxylic acids is 1. The molecule has 110 valence electrons. The fourth-order valence-electron chi connectivity index (χ4n) is 1.37. The number of nitro benzene ring substituents is 1. The van der Waals surface area contributed by atoms with E-state index in [9.17, 15) is 28.1 Å². The van der Waals surface area contributed by atoms with Gasteiger partial charge in [-0.25, -0.2) is 0 Å². The average molecular weight is 291 g/mol. The summed E-state index contributed by atoms with van der Waals surface area (Å²) in [5.74, 6) is -0.336. The number of nitrogens with one attached hydrogen (secondary N) is 1. The second kappa shape index (κ2) is 5.76. The van der Waals surface area contributed by atoms with Crippen molar-refractivity contribution in [3.05, 3.63) is 33.9 Å². The first-order valence-electron chi connectivity index (χ1n) is 5.42. The molecule has 0 aliphatic heterocycles. The van der Waals surface area contributed by atoms with Crippen molar-refractivity contribution in [2.75, 3.05) is 26.0 Å². The highest BCUT2D eigenvalue weighted by Gasteiger charge is 2.38. The fourth-order valence-corrected chi connectivity index (χ4v) is 1.37. The van der Waals surface area contributed by atoms with Gasteiger partial charge in [-0.15, -0.1) is 0 Å². The van der Waals surface area contributed by atoms with Crippen molar-refractivity contribution in [2.45, 2.75) is 6.18 Å². The van der Waals surface area contributed by atoms with Crippen LogP contribution in [0.15, 0.2) is 18.2 Å². The van der Waals surface area contributed by atoms with E-state index in [1.165, 1.54) is 19.0 Å². The van der Waals surface area contributed by atoms with Gasteiger partial charge in [0.05, 0.1) is 11.5 Å². The van der Waals surface area contributed by atoms with Gasteiger partial charge in [-0.05, 0) is 12.1 Å². The topological polar surface area (TPSA) is 75.5 Å². The number of carbonyl (C=O) groups is 1. The zero-order chi connectivity index (χ0) is 15.5. The Balaban J connectivity index is 3.02. The summed E-state index contributed by atoms with van der Waals surface area (Å²) < 4.78 is 38.1. The maximum atomic E-state index is 12.7. The van der Waals surface area contributed by atoms with Crippen LogP contribution in [0, 0.1) is 10.1 Å². The van der Waals surface area contributed by atoms with Crippen molar-refractivity contribution in [3.8, 4) is 0 Å². The first-order valence-corrected chi connectivity index (χ1v) is 5.42. The number of benzene rings is 1. The SMILES string of the molecule is CN(C)C(=O)CNc1ccc([N+](=O)[O-])c(C(F)(F)F)c1. The second-order valence-corrected chi connectivity index (χ2v) is 4.13. The van der Waals surface area contributed by atoms with Crippen LogP contribution in [0.1, 0.15) is 5.56 Å². The summed E-state index contributed by atoms with van der Waals surface area (Å²) in [7, 11) is 3.00. The molecule has 0 atom stereocenters. The van der Waals surface area contributed by atoms with Crippen LogP contribution in [-0.2, 0) is 11.0 Å². The quantitative estimate of drug-likeness (QED) is 0.681. The van der Waals surface area contributed by atoms with Gasteiger partial charge in [-0.3, -0.25) is 14.9 Å². The molecule has 1 N–H and O–H groups in total. The third-order valence-electron chi connectivity index (χ3n) is 2.44. The van der Waals surface area contributed by atoms with Crippen LogP contribution in [0.5, 0.6) is 0 Å². The molecule has 0 aliphatic carbocycles. The lowest BCUT2D eigenvalue weighted by Crippen LogP contribution is -2.28. The minimum absolute atomic E-state index is 0.0156. The summed E-state index contributed by atoms with van der Waals surface area (Å²) in [5, 5.41) is 13.1. The molecule has 0 heterocycles. The first-order chi connectivity index (χ1) is 9.12. The fraction of sp³-hybridized carbons (Fsp3) is 0.364. The van der Waals surface area contributed by atoms with Crippen molar-refractivity contribution in [1.82, 2.24) is 4.90 Å². The molecule has 0 saturated carbocycles. The predicted molar refractivity (Wildman–Crippen MR) is 65.3 cm³/mol. The van der Waals surface area contributed by atoms with Crippen LogP contribution >= 0.6 is 0 Å². The minimum atomic E-state index is -4.84. The number of alkyl halides is 3. The molecule has 6 nitrogen and oxygen atoms in total. The molecule has 0 bridgehead atoms. The highest BCUT2D eigenvalue weighted by atomic mass is 19.4. The Morgan fingerprint density at radius 2 is 2.00 bits per heavy atom. The van der Waals surface area contributed by atoms with Gasteiger partial charge < -0.3 is 10.2 Å². The molecule has 1 aromatic carbocycles. The molecule has 9 heteroatoms. The molecule has 0 unspecified atom stereocenters. The number of nitro groups is 1. The summed E-state index contributed by atoms with van der Waals surface area (Å²) in [5.41, 5.74) is -2.40. The largest absolute Gasteiger partial charge is 0.423 e. The second-order valence-electron chi connectivity index (χ2n) is 4.13. The summed E-state index contributed by atoms with van der Waals surface area (Å²) in [6, 6.07) is 2.49. The molecule has 0 spiro atoms. The number of nitrogens with zero attached hydrogens (tertiary/aromatic N) is 2. The zero-order valence-electron chi connectivity index (χ0n) is 10.7. The number of hydrogen-bond acceptors (Lipinski definition) is 4. The van der Waals surface area contributed by atoms with Gasteiger partial charge in [-0.1, -0.05) is 0 Å². The van der Waals surface area contributed by atoms with Gasteiger partial charge in [0.25, 0.3) is 5.69 Å². The average Bonchev–Trinajstić information content (AvgIpc) is 2.34. The van der Waals surface area contributed by atoms with Gasteiger partial charge in [0.1, 0.15) is 5.56 Å². The van der Waals surface area contributed by atoms with Crippen LogP contribution < -0.4 is 5.32 Å². The van der Waals surface area contributed by atoms with Crippen molar-refractivity contribution >= 4 is 17.3 Å². The Kier molecular flexibility index (Phi) is 4.53. The Labute approximate surface area is 112 Å². The molecule has 1 aromatic rings. The van der Waals surface area contributed by atoms with E-state index in [-0.39, 0.29) is 18.1 Å². The maximum Gasteiger partial charge on any atom is 0.423 e. The Bertz CT molecular complexity index is 529. The molecular formula is C11H12F3N3O3. The number of hydrogen-bond donors (Lipinski definition) is 1. The van der Waals surface area contributed by atoms with Crippen molar-refractivity contribution in [2.24, 2.45) is 0 Å². The number of amides is 1. The van der Waals surface area contributed by atoms with Gasteiger partial charge in [0.15, 0.2) is 0 Å². The number of anilines is 1. The van der Waals surface area contributed by atoms with Crippen LogP contribution in [-0.4, -0.2) is 36.4 Å².